The van der Waals surface area contributed by atoms with E-state index < -0.39 is 58.4 Å². The van der Waals surface area contributed by atoms with Crippen molar-refractivity contribution in [2.24, 2.45) is 0 Å². The fourth-order valence-electron chi connectivity index (χ4n) is 5.03. The number of sulfonamides is 1. The maximum absolute atomic E-state index is 13.8. The first-order valence-electron chi connectivity index (χ1n) is 11.5. The lowest BCUT2D eigenvalue weighted by Crippen LogP contribution is -2.56. The molecule has 3 heterocycles. The lowest BCUT2D eigenvalue weighted by Gasteiger charge is -2.32. The number of hydrogen-bond acceptors (Lipinski definition) is 6. The largest absolute Gasteiger partial charge is 0.394 e. The Bertz CT molecular complexity index is 1120. The first kappa shape index (κ1) is 27.1. The number of aliphatic hydroxyl groups is 1. The minimum Gasteiger partial charge on any atom is -0.394 e. The number of aromatic nitrogens is 1. The molecule has 0 spiro atoms. The highest BCUT2D eigenvalue weighted by Crippen LogP contribution is 2.43. The van der Waals surface area contributed by atoms with E-state index in [-0.39, 0.29) is 19.0 Å². The molecule has 12 heteroatoms. The maximum atomic E-state index is 13.8. The number of rotatable bonds is 9. The van der Waals surface area contributed by atoms with Crippen molar-refractivity contribution in [2.75, 3.05) is 33.0 Å². The van der Waals surface area contributed by atoms with Crippen molar-refractivity contribution in [1.29, 1.82) is 0 Å². The Kier molecular flexibility index (Phi) is 8.20. The Morgan fingerprint density at radius 2 is 2.11 bits per heavy atom. The molecule has 1 aromatic heterocycles. The summed E-state index contributed by atoms with van der Waals surface area (Å²) in [7, 11) is -1.95. The zero-order chi connectivity index (χ0) is 26.1. The van der Waals surface area contributed by atoms with Crippen molar-refractivity contribution >= 4 is 27.9 Å². The van der Waals surface area contributed by atoms with E-state index in [2.05, 4.69) is 22.2 Å². The number of likely N-dealkylation sites (N-methyl/N-ethyl adjacent to an activating group) is 1. The summed E-state index contributed by atoms with van der Waals surface area (Å²) in [5.74, 6) is -1.79. The van der Waals surface area contributed by atoms with Crippen LogP contribution in [0.15, 0.2) is 24.7 Å². The Morgan fingerprint density at radius 3 is 2.69 bits per heavy atom. The smallest absolute Gasteiger partial charge is 0.247 e. The zero-order valence-electron chi connectivity index (χ0n) is 20.4. The number of H-pyrrole nitrogens is 1. The summed E-state index contributed by atoms with van der Waals surface area (Å²) in [6.07, 6.45) is 5.69. The number of aliphatic hydroxyl groups excluding tert-OH is 1. The molecular formula is C23H34FN5O5S. The van der Waals surface area contributed by atoms with Gasteiger partial charge >= 0.3 is 0 Å². The number of carbonyl (C=O) groups excluding carboxylic acids is 2. The lowest BCUT2D eigenvalue weighted by atomic mass is 9.90. The first-order valence-corrected chi connectivity index (χ1v) is 13.3. The van der Waals surface area contributed by atoms with Gasteiger partial charge in [-0.2, -0.15) is 4.31 Å². The normalized spacial score (nSPS) is 24.8. The number of nitrogens with zero attached hydrogens (tertiary/aromatic N) is 2. The third-order valence-electron chi connectivity index (χ3n) is 7.01. The van der Waals surface area contributed by atoms with E-state index in [1.807, 2.05) is 6.92 Å². The Morgan fingerprint density at radius 1 is 1.43 bits per heavy atom. The summed E-state index contributed by atoms with van der Waals surface area (Å²) >= 11 is 0. The zero-order valence-corrected chi connectivity index (χ0v) is 21.2. The molecule has 0 bridgehead atoms. The van der Waals surface area contributed by atoms with E-state index in [0.29, 0.717) is 12.1 Å². The number of hydrogen-bond donors (Lipinski definition) is 4. The van der Waals surface area contributed by atoms with Crippen molar-refractivity contribution in [3.05, 3.63) is 41.5 Å². The van der Waals surface area contributed by atoms with Crippen LogP contribution in [0.2, 0.25) is 0 Å². The Labute approximate surface area is 205 Å². The number of nitrogens with one attached hydrogen (secondary N) is 3. The van der Waals surface area contributed by atoms with Crippen molar-refractivity contribution in [2.45, 2.75) is 50.4 Å². The van der Waals surface area contributed by atoms with E-state index in [0.717, 1.165) is 23.5 Å². The van der Waals surface area contributed by atoms with Crippen LogP contribution in [0, 0.1) is 6.92 Å². The van der Waals surface area contributed by atoms with E-state index in [4.69, 9.17) is 0 Å². The van der Waals surface area contributed by atoms with Gasteiger partial charge in [-0.3, -0.25) is 9.59 Å². The summed E-state index contributed by atoms with van der Waals surface area (Å²) in [4.78, 5) is 30.4. The highest BCUT2D eigenvalue weighted by molar-refractivity contribution is 7.88. The van der Waals surface area contributed by atoms with Crippen LogP contribution < -0.4 is 10.6 Å². The minimum absolute atomic E-state index is 0.163. The number of amides is 2. The van der Waals surface area contributed by atoms with Crippen molar-refractivity contribution in [3.63, 3.8) is 0 Å². The second-order valence-electron chi connectivity index (χ2n) is 9.09. The number of fused-ring (bicyclic) bond motifs is 1. The van der Waals surface area contributed by atoms with Gasteiger partial charge in [0.2, 0.25) is 21.8 Å². The van der Waals surface area contributed by atoms with Gasteiger partial charge in [0.1, 0.15) is 11.9 Å². The molecule has 3 rings (SSSR count). The monoisotopic (exact) mass is 511 g/mol. The number of halogens is 1. The number of allylic oxidation sites excluding steroid dienone is 2. The van der Waals surface area contributed by atoms with Gasteiger partial charge in [-0.15, -0.1) is 0 Å². The molecule has 2 fully saturated rings. The second-order valence-corrected chi connectivity index (χ2v) is 11.0. The van der Waals surface area contributed by atoms with Crippen LogP contribution in [-0.4, -0.2) is 96.7 Å². The molecule has 1 aromatic rings. The van der Waals surface area contributed by atoms with Crippen LogP contribution in [0.5, 0.6) is 0 Å². The summed E-state index contributed by atoms with van der Waals surface area (Å²) in [5, 5.41) is 15.2. The van der Waals surface area contributed by atoms with Gasteiger partial charge in [-0.1, -0.05) is 6.58 Å². The molecule has 2 aliphatic rings. The van der Waals surface area contributed by atoms with Crippen LogP contribution in [-0.2, 0) is 19.6 Å². The molecular weight excluding hydrogens is 477 g/mol. The fourth-order valence-corrected chi connectivity index (χ4v) is 6.18. The van der Waals surface area contributed by atoms with E-state index >= 15 is 0 Å². The van der Waals surface area contributed by atoms with Gasteiger partial charge < -0.3 is 25.6 Å². The van der Waals surface area contributed by atoms with Crippen molar-refractivity contribution < 1.29 is 27.5 Å². The molecule has 0 radical (unpaired) electrons. The van der Waals surface area contributed by atoms with Crippen LogP contribution in [0.3, 0.4) is 0 Å². The molecule has 0 aromatic carbocycles. The van der Waals surface area contributed by atoms with Gasteiger partial charge in [0.15, 0.2) is 0 Å². The van der Waals surface area contributed by atoms with E-state index in [9.17, 15) is 27.5 Å². The molecule has 5 unspecified atom stereocenters. The number of carbonyl (C=O) groups is 2. The molecule has 2 amide bonds. The van der Waals surface area contributed by atoms with Crippen LogP contribution in [0.4, 0.5) is 4.39 Å². The topological polar surface area (TPSA) is 135 Å². The van der Waals surface area contributed by atoms with Crippen LogP contribution in [0.25, 0.3) is 6.08 Å². The van der Waals surface area contributed by atoms with Gasteiger partial charge in [0.05, 0.1) is 24.9 Å². The molecule has 194 valence electrons. The molecule has 5 atom stereocenters. The Hall–Kier alpha value is -2.54. The highest BCUT2D eigenvalue weighted by Gasteiger charge is 2.54. The number of aromatic amines is 1. The van der Waals surface area contributed by atoms with Crippen LogP contribution in [0.1, 0.15) is 36.1 Å². The average Bonchev–Trinajstić information content (AvgIpc) is 3.50. The van der Waals surface area contributed by atoms with Crippen LogP contribution >= 0.6 is 0 Å². The third-order valence-corrected chi connectivity index (χ3v) is 8.28. The van der Waals surface area contributed by atoms with Gasteiger partial charge in [0.25, 0.3) is 0 Å². The average molecular weight is 512 g/mol. The van der Waals surface area contributed by atoms with Gasteiger partial charge in [-0.25, -0.2) is 12.8 Å². The molecule has 2 aliphatic heterocycles. The molecule has 35 heavy (non-hydrogen) atoms. The van der Waals surface area contributed by atoms with Gasteiger partial charge in [0, 0.05) is 36.9 Å². The second kappa shape index (κ2) is 10.6. The predicted octanol–water partition coefficient (Wildman–Crippen LogP) is 0.233. The highest BCUT2D eigenvalue weighted by atomic mass is 32.2. The molecule has 10 nitrogen and oxygen atoms in total. The molecule has 0 saturated carbocycles. The molecule has 4 N–H and O–H groups in total. The summed E-state index contributed by atoms with van der Waals surface area (Å²) < 4.78 is 40.4. The summed E-state index contributed by atoms with van der Waals surface area (Å²) in [5.41, 5.74) is 2.06. The van der Waals surface area contributed by atoms with Crippen molar-refractivity contribution in [3.8, 4) is 0 Å². The molecule has 2 saturated heterocycles. The quantitative estimate of drug-likeness (QED) is 0.351. The van der Waals surface area contributed by atoms with Crippen molar-refractivity contribution in [1.82, 2.24) is 24.8 Å². The lowest BCUT2D eigenvalue weighted by molar-refractivity contribution is -0.138. The third kappa shape index (κ3) is 5.35. The fraction of sp³-hybridized carbons (Fsp3) is 0.565. The summed E-state index contributed by atoms with van der Waals surface area (Å²) in [6, 6.07) is -2.66. The Balaban J connectivity index is 1.97. The predicted molar refractivity (Wildman–Crippen MR) is 131 cm³/mol. The van der Waals surface area contributed by atoms with Gasteiger partial charge in [-0.05, 0) is 50.6 Å². The molecule has 0 aliphatic carbocycles. The first-order chi connectivity index (χ1) is 16.4. The number of likely N-dealkylation sites (tertiary alicyclic amines) is 1. The van der Waals surface area contributed by atoms with E-state index in [1.165, 1.54) is 10.4 Å². The summed E-state index contributed by atoms with van der Waals surface area (Å²) in [6.45, 7) is 6.71. The SMILES string of the molecule is C=CC(F)=Cc1[nH]cc(C2CN(S(C)(=O)=O)C3CCN(C(=O)C(CO)NC(=O)C(C)NC)C23)c1C. The standard InChI is InChI=1S/C23H34FN5O5S/c1-6-15(24)9-18-13(2)16(10-26-18)17-11-29(35(5,33)34)20-7-8-28(21(17)20)23(32)19(12-30)27-22(31)14(3)25-4/h6,9-10,14,17,19-21,25-26,30H,1,7-8,11-12H2,2-5H3,(H,27,31). The maximum Gasteiger partial charge on any atom is 0.247 e. The minimum atomic E-state index is -3.56. The van der Waals surface area contributed by atoms with E-state index in [1.54, 1.807) is 25.1 Å².